The zero-order valence-electron chi connectivity index (χ0n) is 11.5. The molecule has 0 atom stereocenters. The van der Waals surface area contributed by atoms with Gasteiger partial charge in [-0.3, -0.25) is 0 Å². The van der Waals surface area contributed by atoms with Gasteiger partial charge in [-0.2, -0.15) is 18.3 Å². The van der Waals surface area contributed by atoms with Crippen molar-refractivity contribution in [1.82, 2.24) is 14.6 Å². The van der Waals surface area contributed by atoms with Crippen molar-refractivity contribution in [3.05, 3.63) is 65.1 Å². The molecule has 0 aliphatic heterocycles. The van der Waals surface area contributed by atoms with Gasteiger partial charge in [-0.05, 0) is 17.7 Å². The van der Waals surface area contributed by atoms with E-state index >= 15 is 0 Å². The number of pyridine rings is 1. The van der Waals surface area contributed by atoms with Gasteiger partial charge in [0, 0.05) is 24.7 Å². The van der Waals surface area contributed by atoms with Crippen LogP contribution in [0.3, 0.4) is 0 Å². The van der Waals surface area contributed by atoms with Gasteiger partial charge in [0.25, 0.3) is 0 Å². The molecule has 0 saturated heterocycles. The highest BCUT2D eigenvalue weighted by Gasteiger charge is 2.30. The molecule has 2 heterocycles. The van der Waals surface area contributed by atoms with E-state index in [9.17, 15) is 13.2 Å². The van der Waals surface area contributed by atoms with E-state index in [0.717, 1.165) is 17.7 Å². The molecule has 3 rings (SSSR count). The molecule has 0 amide bonds. The Morgan fingerprint density at radius 2 is 1.95 bits per heavy atom. The maximum absolute atomic E-state index is 12.7. The lowest BCUT2D eigenvalue weighted by Crippen LogP contribution is -2.05. The number of nitrogens with two attached hydrogens (primary N) is 1. The van der Waals surface area contributed by atoms with E-state index in [1.807, 2.05) is 6.07 Å². The molecular weight excluding hydrogens is 293 g/mol. The highest BCUT2D eigenvalue weighted by Crippen LogP contribution is 2.29. The maximum Gasteiger partial charge on any atom is 0.416 e. The molecule has 3 aromatic rings. The fraction of sp³-hybridized carbons (Fsp3) is 0.200. The lowest BCUT2D eigenvalue weighted by Gasteiger charge is -2.07. The van der Waals surface area contributed by atoms with Gasteiger partial charge in [0.15, 0.2) is 11.5 Å². The second-order valence-corrected chi connectivity index (χ2v) is 4.91. The smallest absolute Gasteiger partial charge is 0.326 e. The monoisotopic (exact) mass is 306 g/mol. The molecule has 0 aliphatic carbocycles. The van der Waals surface area contributed by atoms with Crippen LogP contribution in [0.2, 0.25) is 0 Å². The molecule has 2 aromatic heterocycles. The molecule has 0 fully saturated rings. The molecule has 0 radical (unpaired) electrons. The lowest BCUT2D eigenvalue weighted by atomic mass is 10.1. The first-order valence-electron chi connectivity index (χ1n) is 6.67. The molecular formula is C15H13F3N4. The summed E-state index contributed by atoms with van der Waals surface area (Å²) in [7, 11) is 0. The zero-order valence-corrected chi connectivity index (χ0v) is 11.5. The van der Waals surface area contributed by atoms with Gasteiger partial charge in [0.1, 0.15) is 0 Å². The highest BCUT2D eigenvalue weighted by atomic mass is 19.4. The van der Waals surface area contributed by atoms with E-state index in [4.69, 9.17) is 5.73 Å². The minimum atomic E-state index is -4.35. The number of fused-ring (bicyclic) bond motifs is 1. The molecule has 0 bridgehead atoms. The van der Waals surface area contributed by atoms with Gasteiger partial charge in [-0.1, -0.05) is 24.3 Å². The van der Waals surface area contributed by atoms with Crippen molar-refractivity contribution in [2.24, 2.45) is 5.73 Å². The summed E-state index contributed by atoms with van der Waals surface area (Å²) in [6, 6.07) is 8.84. The second kappa shape index (κ2) is 5.42. The predicted molar refractivity (Wildman–Crippen MR) is 75.1 cm³/mol. The molecule has 0 saturated carbocycles. The van der Waals surface area contributed by atoms with E-state index in [1.54, 1.807) is 22.8 Å². The van der Waals surface area contributed by atoms with Crippen LogP contribution in [0.15, 0.2) is 42.6 Å². The Bertz CT molecular complexity index is 808. The lowest BCUT2D eigenvalue weighted by molar-refractivity contribution is -0.137. The van der Waals surface area contributed by atoms with Crippen LogP contribution in [0.25, 0.3) is 5.65 Å². The van der Waals surface area contributed by atoms with E-state index in [0.29, 0.717) is 23.6 Å². The largest absolute Gasteiger partial charge is 0.416 e. The van der Waals surface area contributed by atoms with Crippen molar-refractivity contribution < 1.29 is 13.2 Å². The van der Waals surface area contributed by atoms with Crippen molar-refractivity contribution >= 4 is 5.65 Å². The molecule has 22 heavy (non-hydrogen) atoms. The fourth-order valence-electron chi connectivity index (χ4n) is 2.28. The van der Waals surface area contributed by atoms with Crippen LogP contribution >= 0.6 is 0 Å². The van der Waals surface area contributed by atoms with Crippen molar-refractivity contribution in [2.45, 2.75) is 19.1 Å². The van der Waals surface area contributed by atoms with E-state index in [1.165, 1.54) is 6.07 Å². The third kappa shape index (κ3) is 2.80. The molecule has 4 nitrogen and oxygen atoms in total. The summed E-state index contributed by atoms with van der Waals surface area (Å²) in [4.78, 5) is 4.36. The number of nitrogens with zero attached hydrogens (tertiary/aromatic N) is 3. The Morgan fingerprint density at radius 3 is 2.68 bits per heavy atom. The Hall–Kier alpha value is -2.41. The number of hydrogen-bond acceptors (Lipinski definition) is 3. The van der Waals surface area contributed by atoms with Gasteiger partial charge in [-0.15, -0.1) is 0 Å². The Kier molecular flexibility index (Phi) is 3.58. The summed E-state index contributed by atoms with van der Waals surface area (Å²) in [5, 5.41) is 4.28. The summed E-state index contributed by atoms with van der Waals surface area (Å²) < 4.78 is 39.8. The summed E-state index contributed by atoms with van der Waals surface area (Å²) in [5.74, 6) is 0.459. The molecule has 0 aliphatic rings. The van der Waals surface area contributed by atoms with E-state index in [2.05, 4.69) is 10.1 Å². The van der Waals surface area contributed by atoms with Gasteiger partial charge in [-0.25, -0.2) is 9.50 Å². The van der Waals surface area contributed by atoms with Crippen LogP contribution in [0.5, 0.6) is 0 Å². The van der Waals surface area contributed by atoms with E-state index < -0.39 is 11.7 Å². The average molecular weight is 306 g/mol. The predicted octanol–water partition coefficient (Wildman–Crippen LogP) is 2.80. The number of benzene rings is 1. The number of halogens is 3. The molecule has 7 heteroatoms. The third-order valence-corrected chi connectivity index (χ3v) is 3.32. The molecule has 0 unspecified atom stereocenters. The van der Waals surface area contributed by atoms with Crippen LogP contribution in [-0.2, 0) is 19.1 Å². The summed E-state index contributed by atoms with van der Waals surface area (Å²) in [5.41, 5.74) is 6.95. The van der Waals surface area contributed by atoms with Crippen LogP contribution < -0.4 is 5.73 Å². The average Bonchev–Trinajstić information content (AvgIpc) is 2.88. The van der Waals surface area contributed by atoms with Crippen molar-refractivity contribution in [3.63, 3.8) is 0 Å². The van der Waals surface area contributed by atoms with Gasteiger partial charge >= 0.3 is 6.18 Å². The minimum absolute atomic E-state index is 0.232. The Balaban J connectivity index is 1.93. The second-order valence-electron chi connectivity index (χ2n) is 4.91. The summed E-state index contributed by atoms with van der Waals surface area (Å²) in [6.07, 6.45) is -2.39. The standard InChI is InChI=1S/C15H13F3N4/c16-15(17,18)12-5-1-3-10(7-12)8-13-20-14-11(9-19)4-2-6-22(14)21-13/h1-7H,8-9,19H2. The van der Waals surface area contributed by atoms with E-state index in [-0.39, 0.29) is 6.42 Å². The number of rotatable bonds is 3. The van der Waals surface area contributed by atoms with Crippen molar-refractivity contribution in [3.8, 4) is 0 Å². The topological polar surface area (TPSA) is 56.2 Å². The van der Waals surface area contributed by atoms with Crippen LogP contribution in [0.1, 0.15) is 22.5 Å². The molecule has 1 aromatic carbocycles. The van der Waals surface area contributed by atoms with Gasteiger partial charge in [0.2, 0.25) is 0 Å². The van der Waals surface area contributed by atoms with Crippen LogP contribution in [0.4, 0.5) is 13.2 Å². The fourth-order valence-corrected chi connectivity index (χ4v) is 2.28. The van der Waals surface area contributed by atoms with Crippen LogP contribution in [0, 0.1) is 0 Å². The van der Waals surface area contributed by atoms with Crippen LogP contribution in [-0.4, -0.2) is 14.6 Å². The first-order chi connectivity index (χ1) is 10.5. The summed E-state index contributed by atoms with van der Waals surface area (Å²) >= 11 is 0. The number of alkyl halides is 3. The van der Waals surface area contributed by atoms with Gasteiger partial charge < -0.3 is 5.73 Å². The highest BCUT2D eigenvalue weighted by molar-refractivity contribution is 5.47. The number of aromatic nitrogens is 3. The van der Waals surface area contributed by atoms with Crippen molar-refractivity contribution in [2.75, 3.05) is 0 Å². The molecule has 0 spiro atoms. The normalized spacial score (nSPS) is 12.0. The SMILES string of the molecule is NCc1cccn2nc(Cc3cccc(C(F)(F)F)c3)nc12. The minimum Gasteiger partial charge on any atom is -0.326 e. The zero-order chi connectivity index (χ0) is 15.7. The Morgan fingerprint density at radius 1 is 1.14 bits per heavy atom. The summed E-state index contributed by atoms with van der Waals surface area (Å²) in [6.45, 7) is 0.325. The first kappa shape index (κ1) is 14.5. The third-order valence-electron chi connectivity index (χ3n) is 3.32. The first-order valence-corrected chi connectivity index (χ1v) is 6.67. The van der Waals surface area contributed by atoms with Crippen molar-refractivity contribution in [1.29, 1.82) is 0 Å². The Labute approximate surface area is 124 Å². The van der Waals surface area contributed by atoms with Gasteiger partial charge in [0.05, 0.1) is 5.56 Å². The molecule has 114 valence electrons. The number of hydrogen-bond donors (Lipinski definition) is 1. The quantitative estimate of drug-likeness (QED) is 0.809. The molecule has 2 N–H and O–H groups in total. The maximum atomic E-state index is 12.7.